The molecule has 16 heavy (non-hydrogen) atoms. The quantitative estimate of drug-likeness (QED) is 0.854. The van der Waals surface area contributed by atoms with E-state index in [2.05, 4.69) is 0 Å². The van der Waals surface area contributed by atoms with E-state index in [1.54, 1.807) is 6.07 Å². The fraction of sp³-hybridized carbons (Fsp3) is 0.455. The van der Waals surface area contributed by atoms with Crippen LogP contribution in [0, 0.1) is 0 Å². The predicted molar refractivity (Wildman–Crippen MR) is 56.3 cm³/mol. The van der Waals surface area contributed by atoms with Gasteiger partial charge in [0.05, 0.1) is 10.6 Å². The Morgan fingerprint density at radius 1 is 1.31 bits per heavy atom. The second-order valence-electron chi connectivity index (χ2n) is 4.35. The lowest BCUT2D eigenvalue weighted by atomic mass is 10.0. The number of hydrogen-bond donors (Lipinski definition) is 1. The molecule has 1 aliphatic rings. The van der Waals surface area contributed by atoms with Gasteiger partial charge in [-0.25, -0.2) is 0 Å². The molecule has 2 rings (SSSR count). The molecule has 0 aliphatic heterocycles. The number of halogens is 4. The van der Waals surface area contributed by atoms with Crippen LogP contribution in [-0.4, -0.2) is 5.54 Å². The fourth-order valence-corrected chi connectivity index (χ4v) is 1.87. The molecule has 88 valence electrons. The maximum Gasteiger partial charge on any atom is 0.417 e. The molecule has 0 atom stereocenters. The van der Waals surface area contributed by atoms with Gasteiger partial charge in [-0.15, -0.1) is 0 Å². The second kappa shape index (κ2) is 3.64. The zero-order chi connectivity index (χ0) is 12.0. The minimum Gasteiger partial charge on any atom is -0.325 e. The van der Waals surface area contributed by atoms with Crippen molar-refractivity contribution in [2.24, 2.45) is 5.73 Å². The number of benzene rings is 1. The lowest BCUT2D eigenvalue weighted by molar-refractivity contribution is -0.137. The lowest BCUT2D eigenvalue weighted by Crippen LogP contribution is -2.24. The van der Waals surface area contributed by atoms with E-state index in [1.807, 2.05) is 0 Å². The molecule has 1 aliphatic carbocycles. The Kier molecular flexibility index (Phi) is 2.67. The zero-order valence-electron chi connectivity index (χ0n) is 8.44. The maximum atomic E-state index is 12.6. The maximum absolute atomic E-state index is 12.6. The Morgan fingerprint density at radius 2 is 1.94 bits per heavy atom. The molecule has 0 amide bonds. The Morgan fingerprint density at radius 3 is 2.44 bits per heavy atom. The third-order valence-corrected chi connectivity index (χ3v) is 3.11. The van der Waals surface area contributed by atoms with Crippen molar-refractivity contribution in [3.63, 3.8) is 0 Å². The van der Waals surface area contributed by atoms with Crippen molar-refractivity contribution in [2.75, 3.05) is 0 Å². The van der Waals surface area contributed by atoms with Gasteiger partial charge in [0, 0.05) is 5.54 Å². The van der Waals surface area contributed by atoms with E-state index in [4.69, 9.17) is 17.3 Å². The predicted octanol–water partition coefficient (Wildman–Crippen LogP) is 3.39. The van der Waals surface area contributed by atoms with Gasteiger partial charge in [-0.2, -0.15) is 13.2 Å². The van der Waals surface area contributed by atoms with Crippen molar-refractivity contribution in [3.8, 4) is 0 Å². The molecule has 0 spiro atoms. The van der Waals surface area contributed by atoms with Crippen molar-refractivity contribution in [2.45, 2.75) is 31.0 Å². The Balaban J connectivity index is 2.28. The van der Waals surface area contributed by atoms with Crippen LogP contribution < -0.4 is 5.73 Å². The average molecular weight is 250 g/mol. The van der Waals surface area contributed by atoms with Gasteiger partial charge >= 0.3 is 6.18 Å². The summed E-state index contributed by atoms with van der Waals surface area (Å²) in [6.07, 6.45) is -2.18. The first-order valence-electron chi connectivity index (χ1n) is 4.95. The molecule has 1 aromatic carbocycles. The summed E-state index contributed by atoms with van der Waals surface area (Å²) >= 11 is 5.52. The molecular weight excluding hydrogens is 239 g/mol. The Labute approximate surface area is 96.4 Å². The van der Waals surface area contributed by atoms with Crippen LogP contribution in [-0.2, 0) is 12.6 Å². The van der Waals surface area contributed by atoms with Gasteiger partial charge in [-0.1, -0.05) is 17.7 Å². The summed E-state index contributed by atoms with van der Waals surface area (Å²) in [6, 6.07) is 3.98. The molecule has 1 nitrogen and oxygen atoms in total. The largest absolute Gasteiger partial charge is 0.417 e. The van der Waals surface area contributed by atoms with Gasteiger partial charge in [0.1, 0.15) is 0 Å². The summed E-state index contributed by atoms with van der Waals surface area (Å²) in [4.78, 5) is 0. The van der Waals surface area contributed by atoms with Crippen molar-refractivity contribution < 1.29 is 13.2 Å². The van der Waals surface area contributed by atoms with Gasteiger partial charge in [0.2, 0.25) is 0 Å². The fourth-order valence-electron chi connectivity index (χ4n) is 1.64. The standard InChI is InChI=1S/C11H11ClF3N/c12-9-2-1-7(6-10(16)3-4-10)5-8(9)11(13,14)15/h1-2,5H,3-4,6,16H2. The number of nitrogens with two attached hydrogens (primary N) is 1. The molecule has 0 heterocycles. The highest BCUT2D eigenvalue weighted by molar-refractivity contribution is 6.31. The zero-order valence-corrected chi connectivity index (χ0v) is 9.20. The monoisotopic (exact) mass is 249 g/mol. The first-order chi connectivity index (χ1) is 7.30. The van der Waals surface area contributed by atoms with E-state index in [-0.39, 0.29) is 10.6 Å². The van der Waals surface area contributed by atoms with E-state index in [0.717, 1.165) is 18.9 Å². The molecule has 0 unspecified atom stereocenters. The summed E-state index contributed by atoms with van der Waals surface area (Å²) in [7, 11) is 0. The molecule has 0 radical (unpaired) electrons. The summed E-state index contributed by atoms with van der Waals surface area (Å²) in [5.41, 5.74) is 5.38. The minimum absolute atomic E-state index is 0.266. The number of alkyl halides is 3. The minimum atomic E-state index is -4.40. The highest BCUT2D eigenvalue weighted by Gasteiger charge is 2.39. The third kappa shape index (κ3) is 2.50. The van der Waals surface area contributed by atoms with Crippen molar-refractivity contribution >= 4 is 11.6 Å². The molecular formula is C11H11ClF3N. The van der Waals surface area contributed by atoms with Crippen LogP contribution in [0.15, 0.2) is 18.2 Å². The highest BCUT2D eigenvalue weighted by atomic mass is 35.5. The first-order valence-corrected chi connectivity index (χ1v) is 5.32. The van der Waals surface area contributed by atoms with Gasteiger partial charge in [0.25, 0.3) is 0 Å². The molecule has 0 saturated heterocycles. The van der Waals surface area contributed by atoms with Gasteiger partial charge in [-0.05, 0) is 37.0 Å². The van der Waals surface area contributed by atoms with Gasteiger partial charge in [-0.3, -0.25) is 0 Å². The van der Waals surface area contributed by atoms with E-state index in [9.17, 15) is 13.2 Å². The van der Waals surface area contributed by atoms with E-state index in [0.29, 0.717) is 12.0 Å². The first kappa shape index (κ1) is 11.7. The highest BCUT2D eigenvalue weighted by Crippen LogP contribution is 2.39. The SMILES string of the molecule is NC1(Cc2ccc(Cl)c(C(F)(F)F)c2)CC1. The molecule has 0 bridgehead atoms. The summed E-state index contributed by atoms with van der Waals surface area (Å²) in [6.45, 7) is 0. The van der Waals surface area contributed by atoms with Crippen LogP contribution in [0.2, 0.25) is 5.02 Å². The van der Waals surface area contributed by atoms with Crippen LogP contribution in [0.4, 0.5) is 13.2 Å². The van der Waals surface area contributed by atoms with Crippen LogP contribution >= 0.6 is 11.6 Å². The topological polar surface area (TPSA) is 26.0 Å². The molecule has 5 heteroatoms. The third-order valence-electron chi connectivity index (χ3n) is 2.78. The lowest BCUT2D eigenvalue weighted by Gasteiger charge is -2.13. The van der Waals surface area contributed by atoms with E-state index >= 15 is 0 Å². The van der Waals surface area contributed by atoms with Gasteiger partial charge in [0.15, 0.2) is 0 Å². The summed E-state index contributed by atoms with van der Waals surface area (Å²) < 4.78 is 37.7. The van der Waals surface area contributed by atoms with Crippen LogP contribution in [0.3, 0.4) is 0 Å². The number of hydrogen-bond acceptors (Lipinski definition) is 1. The van der Waals surface area contributed by atoms with E-state index < -0.39 is 11.7 Å². The van der Waals surface area contributed by atoms with Crippen LogP contribution in [0.25, 0.3) is 0 Å². The molecule has 0 aromatic heterocycles. The van der Waals surface area contributed by atoms with Crippen LogP contribution in [0.5, 0.6) is 0 Å². The van der Waals surface area contributed by atoms with Crippen molar-refractivity contribution in [3.05, 3.63) is 34.3 Å². The van der Waals surface area contributed by atoms with Crippen molar-refractivity contribution in [1.82, 2.24) is 0 Å². The van der Waals surface area contributed by atoms with E-state index in [1.165, 1.54) is 6.07 Å². The summed E-state index contributed by atoms with van der Waals surface area (Å²) in [5, 5.41) is -0.266. The molecule has 2 N–H and O–H groups in total. The Hall–Kier alpha value is -0.740. The molecule has 1 saturated carbocycles. The smallest absolute Gasteiger partial charge is 0.325 e. The van der Waals surface area contributed by atoms with Crippen molar-refractivity contribution in [1.29, 1.82) is 0 Å². The van der Waals surface area contributed by atoms with Crippen LogP contribution in [0.1, 0.15) is 24.0 Å². The molecule has 1 fully saturated rings. The van der Waals surface area contributed by atoms with Gasteiger partial charge < -0.3 is 5.73 Å². The molecule has 1 aromatic rings. The normalized spacial score (nSPS) is 18.6. The number of rotatable bonds is 2. The summed E-state index contributed by atoms with van der Waals surface area (Å²) in [5.74, 6) is 0. The second-order valence-corrected chi connectivity index (χ2v) is 4.76. The average Bonchev–Trinajstić information content (AvgIpc) is 2.85. The Bertz CT molecular complexity index is 410.